The molecule has 14 heavy (non-hydrogen) atoms. The molecule has 0 radical (unpaired) electrons. The van der Waals surface area contributed by atoms with Gasteiger partial charge in [0.15, 0.2) is 0 Å². The quantitative estimate of drug-likeness (QED) is 0.700. The van der Waals surface area contributed by atoms with Crippen LogP contribution in [-0.2, 0) is 10.1 Å². The van der Waals surface area contributed by atoms with E-state index in [9.17, 15) is 8.42 Å². The summed E-state index contributed by atoms with van der Waals surface area (Å²) in [6.07, 6.45) is 7.57. The molecule has 1 rings (SSSR count). The highest BCUT2D eigenvalue weighted by Gasteiger charge is 2.11. The van der Waals surface area contributed by atoms with Crippen LogP contribution in [0.5, 0.6) is 0 Å². The third-order valence-electron chi connectivity index (χ3n) is 2.40. The van der Waals surface area contributed by atoms with Gasteiger partial charge in [-0.05, 0) is 12.8 Å². The third-order valence-corrected chi connectivity index (χ3v) is 2.93. The molecule has 0 aromatic heterocycles. The van der Waals surface area contributed by atoms with Gasteiger partial charge in [-0.2, -0.15) is 8.42 Å². The molecule has 1 aliphatic rings. The molecule has 1 aliphatic carbocycles. The van der Waals surface area contributed by atoms with E-state index in [0.717, 1.165) is 5.41 Å². The number of rotatable bonds is 4. The van der Waals surface area contributed by atoms with Gasteiger partial charge in [0, 0.05) is 12.6 Å². The van der Waals surface area contributed by atoms with Gasteiger partial charge in [-0.15, -0.1) is 0 Å². The van der Waals surface area contributed by atoms with Gasteiger partial charge in [0.25, 0.3) is 10.1 Å². The SMILES string of the molecule is O=S(=O)(O)/C=C/CNC1CCCCC1. The van der Waals surface area contributed by atoms with Crippen LogP contribution in [0.2, 0.25) is 0 Å². The van der Waals surface area contributed by atoms with Crippen molar-refractivity contribution in [1.29, 1.82) is 0 Å². The van der Waals surface area contributed by atoms with Crippen molar-refractivity contribution < 1.29 is 13.0 Å². The lowest BCUT2D eigenvalue weighted by Crippen LogP contribution is -2.31. The monoisotopic (exact) mass is 219 g/mol. The van der Waals surface area contributed by atoms with Crippen LogP contribution in [0.4, 0.5) is 0 Å². The molecular formula is C9H17NO3S. The second-order valence-corrected chi connectivity index (χ2v) is 4.93. The fourth-order valence-corrected chi connectivity index (χ4v) is 2.05. The van der Waals surface area contributed by atoms with Crippen LogP contribution in [0.3, 0.4) is 0 Å². The first kappa shape index (κ1) is 11.7. The normalized spacial score (nSPS) is 20.4. The van der Waals surface area contributed by atoms with Gasteiger partial charge in [0.2, 0.25) is 0 Å². The van der Waals surface area contributed by atoms with Gasteiger partial charge in [-0.3, -0.25) is 4.55 Å². The molecule has 0 aromatic rings. The smallest absolute Gasteiger partial charge is 0.287 e. The van der Waals surface area contributed by atoms with Crippen LogP contribution in [0.25, 0.3) is 0 Å². The molecule has 0 unspecified atom stereocenters. The molecule has 5 heteroatoms. The Hall–Kier alpha value is -0.390. The molecule has 0 saturated heterocycles. The summed E-state index contributed by atoms with van der Waals surface area (Å²) in [5.74, 6) is 0. The van der Waals surface area contributed by atoms with Crippen molar-refractivity contribution in [2.24, 2.45) is 0 Å². The zero-order chi connectivity index (χ0) is 10.4. The summed E-state index contributed by atoms with van der Waals surface area (Å²) in [6.45, 7) is 0.504. The predicted molar refractivity (Wildman–Crippen MR) is 55.6 cm³/mol. The van der Waals surface area contributed by atoms with Gasteiger partial charge < -0.3 is 5.32 Å². The molecule has 0 bridgehead atoms. The summed E-state index contributed by atoms with van der Waals surface area (Å²) in [6, 6.07) is 0.509. The summed E-state index contributed by atoms with van der Waals surface area (Å²) in [4.78, 5) is 0. The minimum Gasteiger partial charge on any atom is -0.310 e. The minimum atomic E-state index is -3.95. The Bertz CT molecular complexity index is 278. The second kappa shape index (κ2) is 5.48. The molecule has 1 fully saturated rings. The van der Waals surface area contributed by atoms with Crippen LogP contribution in [0.15, 0.2) is 11.5 Å². The topological polar surface area (TPSA) is 66.4 Å². The standard InChI is InChI=1S/C9H17NO3S/c11-14(12,13)8-4-7-10-9-5-2-1-3-6-9/h4,8-10H,1-3,5-7H2,(H,11,12,13)/b8-4+. The van der Waals surface area contributed by atoms with Crippen molar-refractivity contribution in [2.45, 2.75) is 38.1 Å². The lowest BCUT2D eigenvalue weighted by Gasteiger charge is -2.21. The maximum atomic E-state index is 10.3. The zero-order valence-electron chi connectivity index (χ0n) is 8.15. The highest BCUT2D eigenvalue weighted by atomic mass is 32.2. The van der Waals surface area contributed by atoms with E-state index in [1.807, 2.05) is 0 Å². The van der Waals surface area contributed by atoms with Crippen molar-refractivity contribution in [3.63, 3.8) is 0 Å². The molecule has 0 amide bonds. The molecule has 4 nitrogen and oxygen atoms in total. The number of hydrogen-bond donors (Lipinski definition) is 2. The average Bonchev–Trinajstić information content (AvgIpc) is 2.13. The Balaban J connectivity index is 2.17. The van der Waals surface area contributed by atoms with Crippen molar-refractivity contribution in [3.05, 3.63) is 11.5 Å². The van der Waals surface area contributed by atoms with E-state index in [0.29, 0.717) is 12.6 Å². The minimum absolute atomic E-state index is 0.504. The Morgan fingerprint density at radius 3 is 2.50 bits per heavy atom. The van der Waals surface area contributed by atoms with Gasteiger partial charge in [-0.25, -0.2) is 0 Å². The van der Waals surface area contributed by atoms with Gasteiger partial charge in [0.05, 0.1) is 5.41 Å². The summed E-state index contributed by atoms with van der Waals surface area (Å²) in [7, 11) is -3.95. The van der Waals surface area contributed by atoms with E-state index in [1.54, 1.807) is 0 Å². The Morgan fingerprint density at radius 2 is 1.93 bits per heavy atom. The summed E-state index contributed by atoms with van der Waals surface area (Å²) in [5.41, 5.74) is 0. The molecule has 0 aromatic carbocycles. The van der Waals surface area contributed by atoms with Crippen molar-refractivity contribution in [1.82, 2.24) is 5.32 Å². The molecule has 0 atom stereocenters. The van der Waals surface area contributed by atoms with E-state index < -0.39 is 10.1 Å². The molecular weight excluding hydrogens is 202 g/mol. The highest BCUT2D eigenvalue weighted by molar-refractivity contribution is 7.88. The first-order valence-electron chi connectivity index (χ1n) is 4.95. The summed E-state index contributed by atoms with van der Waals surface area (Å²) in [5, 5.41) is 4.05. The molecule has 82 valence electrons. The Morgan fingerprint density at radius 1 is 1.29 bits per heavy atom. The fourth-order valence-electron chi connectivity index (χ4n) is 1.71. The second-order valence-electron chi connectivity index (χ2n) is 3.63. The predicted octanol–water partition coefficient (Wildman–Crippen LogP) is 1.31. The lowest BCUT2D eigenvalue weighted by atomic mass is 9.96. The van der Waals surface area contributed by atoms with E-state index in [1.165, 1.54) is 38.2 Å². The van der Waals surface area contributed by atoms with Gasteiger partial charge in [-0.1, -0.05) is 25.3 Å². The number of hydrogen-bond acceptors (Lipinski definition) is 3. The number of nitrogens with one attached hydrogen (secondary N) is 1. The van der Waals surface area contributed by atoms with Crippen LogP contribution < -0.4 is 5.32 Å². The van der Waals surface area contributed by atoms with Crippen LogP contribution in [0.1, 0.15) is 32.1 Å². The Kier molecular flexibility index (Phi) is 4.57. The van der Waals surface area contributed by atoms with E-state index in [4.69, 9.17) is 4.55 Å². The first-order valence-corrected chi connectivity index (χ1v) is 6.46. The van der Waals surface area contributed by atoms with Crippen molar-refractivity contribution in [2.75, 3.05) is 6.54 Å². The maximum absolute atomic E-state index is 10.3. The van der Waals surface area contributed by atoms with Crippen LogP contribution in [-0.4, -0.2) is 25.6 Å². The molecule has 1 saturated carbocycles. The van der Waals surface area contributed by atoms with Crippen molar-refractivity contribution >= 4 is 10.1 Å². The first-order chi connectivity index (χ1) is 6.58. The summed E-state index contributed by atoms with van der Waals surface area (Å²) < 4.78 is 29.1. The molecule has 0 aliphatic heterocycles. The average molecular weight is 219 g/mol. The van der Waals surface area contributed by atoms with Gasteiger partial charge in [0.1, 0.15) is 0 Å². The highest BCUT2D eigenvalue weighted by Crippen LogP contribution is 2.16. The maximum Gasteiger partial charge on any atom is 0.287 e. The largest absolute Gasteiger partial charge is 0.310 e. The Labute approximate surface area is 85.1 Å². The summed E-state index contributed by atoms with van der Waals surface area (Å²) >= 11 is 0. The molecule has 0 spiro atoms. The van der Waals surface area contributed by atoms with Crippen LogP contribution >= 0.6 is 0 Å². The molecule has 2 N–H and O–H groups in total. The van der Waals surface area contributed by atoms with Crippen molar-refractivity contribution in [3.8, 4) is 0 Å². The van der Waals surface area contributed by atoms with Crippen LogP contribution in [0, 0.1) is 0 Å². The zero-order valence-corrected chi connectivity index (χ0v) is 8.96. The van der Waals surface area contributed by atoms with E-state index in [2.05, 4.69) is 5.32 Å². The third kappa shape index (κ3) is 5.36. The lowest BCUT2D eigenvalue weighted by molar-refractivity contribution is 0.385. The van der Waals surface area contributed by atoms with E-state index >= 15 is 0 Å². The molecule has 0 heterocycles. The van der Waals surface area contributed by atoms with Gasteiger partial charge >= 0.3 is 0 Å². The van der Waals surface area contributed by atoms with E-state index in [-0.39, 0.29) is 0 Å². The fraction of sp³-hybridized carbons (Fsp3) is 0.778.